The van der Waals surface area contributed by atoms with Crippen molar-refractivity contribution in [1.82, 2.24) is 19.7 Å². The molecule has 2 N–H and O–H groups in total. The van der Waals surface area contributed by atoms with Gasteiger partial charge in [0.25, 0.3) is 12.3 Å². The van der Waals surface area contributed by atoms with Crippen LogP contribution in [0.25, 0.3) is 5.65 Å². The summed E-state index contributed by atoms with van der Waals surface area (Å²) >= 11 is 0. The number of nitrogens with one attached hydrogen (secondary N) is 2. The molecule has 4 rings (SSSR count). The second-order valence-corrected chi connectivity index (χ2v) is 7.46. The van der Waals surface area contributed by atoms with Gasteiger partial charge in [0, 0.05) is 30.2 Å². The lowest BCUT2D eigenvalue weighted by atomic mass is 9.91. The molecule has 1 aliphatic carbocycles. The first-order valence-electron chi connectivity index (χ1n) is 9.76. The highest BCUT2D eigenvalue weighted by Crippen LogP contribution is 2.25. The fourth-order valence-electron chi connectivity index (χ4n) is 3.71. The number of hydrogen-bond acceptors (Lipinski definition) is 4. The summed E-state index contributed by atoms with van der Waals surface area (Å²) in [4.78, 5) is 20.5. The Hall–Kier alpha value is -3.03. The monoisotopic (exact) mass is 399 g/mol. The zero-order chi connectivity index (χ0) is 20.4. The molecule has 6 nitrogen and oxygen atoms in total. The molecule has 3 aromatic heterocycles. The maximum atomic E-state index is 13.0. The second-order valence-electron chi connectivity index (χ2n) is 7.46. The number of pyridine rings is 2. The fourth-order valence-corrected chi connectivity index (χ4v) is 3.71. The first-order chi connectivity index (χ1) is 14.0. The smallest absolute Gasteiger partial charge is 0.281 e. The Morgan fingerprint density at radius 1 is 1.14 bits per heavy atom. The molecule has 1 saturated carbocycles. The molecule has 1 aliphatic rings. The van der Waals surface area contributed by atoms with Gasteiger partial charge in [0.1, 0.15) is 17.2 Å². The summed E-state index contributed by atoms with van der Waals surface area (Å²) in [6, 6.07) is 9.33. The van der Waals surface area contributed by atoms with Crippen LogP contribution in [0.2, 0.25) is 0 Å². The van der Waals surface area contributed by atoms with Crippen LogP contribution in [-0.4, -0.2) is 32.4 Å². The van der Waals surface area contributed by atoms with E-state index in [2.05, 4.69) is 20.6 Å². The van der Waals surface area contributed by atoms with Crippen LogP contribution in [0.3, 0.4) is 0 Å². The van der Waals surface area contributed by atoms with Crippen molar-refractivity contribution in [1.29, 1.82) is 0 Å². The van der Waals surface area contributed by atoms with Crippen molar-refractivity contribution in [2.45, 2.75) is 51.1 Å². The van der Waals surface area contributed by atoms with Crippen molar-refractivity contribution in [2.24, 2.45) is 0 Å². The Morgan fingerprint density at radius 2 is 1.90 bits per heavy atom. The van der Waals surface area contributed by atoms with Crippen molar-refractivity contribution < 1.29 is 13.6 Å². The third kappa shape index (κ3) is 4.36. The minimum Gasteiger partial charge on any atom is -0.368 e. The van der Waals surface area contributed by atoms with Crippen LogP contribution in [-0.2, 0) is 0 Å². The van der Waals surface area contributed by atoms with E-state index in [1.165, 1.54) is 6.20 Å². The molecule has 1 fully saturated rings. The summed E-state index contributed by atoms with van der Waals surface area (Å²) in [6.07, 6.45) is 3.84. The Labute approximate surface area is 167 Å². The third-order valence-electron chi connectivity index (χ3n) is 5.32. The molecule has 29 heavy (non-hydrogen) atoms. The lowest BCUT2D eigenvalue weighted by molar-refractivity contribution is 0.0926. The fraction of sp³-hybridized carbons (Fsp3) is 0.381. The second kappa shape index (κ2) is 8.14. The summed E-state index contributed by atoms with van der Waals surface area (Å²) in [5, 5.41) is 6.52. The number of amides is 1. The average molecular weight is 399 g/mol. The molecular formula is C21H23F2N5O. The molecule has 0 saturated heterocycles. The number of aromatic nitrogens is 3. The SMILES string of the molecule is Cc1ccc(C(=O)N[C@H]2CC[C@@H](Nc3cccc4nc(C(F)F)cn34)CC2)cn1. The van der Waals surface area contributed by atoms with E-state index in [1.807, 2.05) is 19.1 Å². The number of anilines is 1. The van der Waals surface area contributed by atoms with Crippen LogP contribution >= 0.6 is 0 Å². The first kappa shape index (κ1) is 19.3. The molecule has 1 amide bonds. The van der Waals surface area contributed by atoms with Gasteiger partial charge in [-0.3, -0.25) is 14.2 Å². The van der Waals surface area contributed by atoms with Crippen molar-refractivity contribution in [3.8, 4) is 0 Å². The Balaban J connectivity index is 1.35. The number of alkyl halides is 2. The Morgan fingerprint density at radius 3 is 2.59 bits per heavy atom. The molecular weight excluding hydrogens is 376 g/mol. The van der Waals surface area contributed by atoms with Gasteiger partial charge >= 0.3 is 0 Å². The summed E-state index contributed by atoms with van der Waals surface area (Å²) in [5.74, 6) is 0.650. The highest BCUT2D eigenvalue weighted by Gasteiger charge is 2.23. The van der Waals surface area contributed by atoms with Gasteiger partial charge in [-0.2, -0.15) is 0 Å². The van der Waals surface area contributed by atoms with Gasteiger partial charge in [-0.05, 0) is 56.9 Å². The van der Waals surface area contributed by atoms with Crippen molar-refractivity contribution in [2.75, 3.05) is 5.32 Å². The number of halogens is 2. The maximum absolute atomic E-state index is 13.0. The van der Waals surface area contributed by atoms with E-state index in [0.717, 1.165) is 37.2 Å². The van der Waals surface area contributed by atoms with Gasteiger partial charge in [-0.25, -0.2) is 13.8 Å². The number of imidazole rings is 1. The summed E-state index contributed by atoms with van der Waals surface area (Å²) in [5.41, 5.74) is 1.72. The number of carbonyl (C=O) groups is 1. The first-order valence-corrected chi connectivity index (χ1v) is 9.76. The van der Waals surface area contributed by atoms with Crippen molar-refractivity contribution in [3.05, 3.63) is 59.7 Å². The zero-order valence-corrected chi connectivity index (χ0v) is 16.1. The summed E-state index contributed by atoms with van der Waals surface area (Å²) in [6.45, 7) is 1.88. The lowest BCUT2D eigenvalue weighted by Crippen LogP contribution is -2.40. The predicted octanol–water partition coefficient (Wildman–Crippen LogP) is 4.13. The highest BCUT2D eigenvalue weighted by molar-refractivity contribution is 5.94. The van der Waals surface area contributed by atoms with Gasteiger partial charge < -0.3 is 10.6 Å². The molecule has 3 aromatic rings. The molecule has 0 aliphatic heterocycles. The molecule has 0 spiro atoms. The van der Waals surface area contributed by atoms with Crippen LogP contribution in [0.5, 0.6) is 0 Å². The topological polar surface area (TPSA) is 71.3 Å². The zero-order valence-electron chi connectivity index (χ0n) is 16.1. The van der Waals surface area contributed by atoms with Crippen molar-refractivity contribution >= 4 is 17.4 Å². The average Bonchev–Trinajstić information content (AvgIpc) is 3.16. The molecule has 0 atom stereocenters. The molecule has 8 heteroatoms. The summed E-state index contributed by atoms with van der Waals surface area (Å²) < 4.78 is 27.6. The van der Waals surface area contributed by atoms with E-state index >= 15 is 0 Å². The Bertz CT molecular complexity index is 994. The third-order valence-corrected chi connectivity index (χ3v) is 5.32. The predicted molar refractivity (Wildman–Crippen MR) is 106 cm³/mol. The van der Waals surface area contributed by atoms with E-state index in [4.69, 9.17) is 0 Å². The van der Waals surface area contributed by atoms with E-state index in [1.54, 1.807) is 28.8 Å². The molecule has 0 aromatic carbocycles. The van der Waals surface area contributed by atoms with Crippen LogP contribution in [0, 0.1) is 6.92 Å². The number of hydrogen-bond donors (Lipinski definition) is 2. The number of carbonyl (C=O) groups excluding carboxylic acids is 1. The van der Waals surface area contributed by atoms with Crippen molar-refractivity contribution in [3.63, 3.8) is 0 Å². The van der Waals surface area contributed by atoms with Gasteiger partial charge in [-0.1, -0.05) is 6.07 Å². The minimum absolute atomic E-state index is 0.100. The Kier molecular flexibility index (Phi) is 5.42. The van der Waals surface area contributed by atoms with Gasteiger partial charge in [0.05, 0.1) is 5.56 Å². The van der Waals surface area contributed by atoms with E-state index < -0.39 is 6.43 Å². The van der Waals surface area contributed by atoms with Crippen LogP contribution in [0.4, 0.5) is 14.6 Å². The van der Waals surface area contributed by atoms with E-state index in [0.29, 0.717) is 11.2 Å². The highest BCUT2D eigenvalue weighted by atomic mass is 19.3. The van der Waals surface area contributed by atoms with Gasteiger partial charge in [-0.15, -0.1) is 0 Å². The largest absolute Gasteiger partial charge is 0.368 e. The molecule has 152 valence electrons. The summed E-state index contributed by atoms with van der Waals surface area (Å²) in [7, 11) is 0. The molecule has 0 unspecified atom stereocenters. The molecule has 0 bridgehead atoms. The maximum Gasteiger partial charge on any atom is 0.281 e. The minimum atomic E-state index is -2.59. The van der Waals surface area contributed by atoms with Gasteiger partial charge in [0.15, 0.2) is 0 Å². The number of fused-ring (bicyclic) bond motifs is 1. The number of rotatable bonds is 5. The van der Waals surface area contributed by atoms with Crippen LogP contribution in [0.1, 0.15) is 53.9 Å². The standard InChI is InChI=1S/C21H23F2N5O/c1-13-5-6-14(11-24-13)21(29)26-16-9-7-15(8-10-16)25-18-3-2-4-19-27-17(20(22)23)12-28(18)19/h2-6,11-12,15-16,20,25H,7-10H2,1H3,(H,26,29)/t15-,16+. The molecule has 0 radical (unpaired) electrons. The molecule has 3 heterocycles. The van der Waals surface area contributed by atoms with Gasteiger partial charge in [0.2, 0.25) is 0 Å². The van der Waals surface area contributed by atoms with Crippen LogP contribution < -0.4 is 10.6 Å². The lowest BCUT2D eigenvalue weighted by Gasteiger charge is -2.30. The quantitative estimate of drug-likeness (QED) is 0.677. The van der Waals surface area contributed by atoms with E-state index in [9.17, 15) is 13.6 Å². The number of aryl methyl sites for hydroxylation is 1. The normalized spacial score (nSPS) is 19.4. The van der Waals surface area contributed by atoms with E-state index in [-0.39, 0.29) is 23.7 Å². The number of nitrogens with zero attached hydrogens (tertiary/aromatic N) is 3. The van der Waals surface area contributed by atoms with Crippen LogP contribution in [0.15, 0.2) is 42.7 Å².